The fraction of sp³-hybridized carbons (Fsp3) is 0.357. The van der Waals surface area contributed by atoms with Crippen LogP contribution >= 0.6 is 0 Å². The summed E-state index contributed by atoms with van der Waals surface area (Å²) in [6.45, 7) is 2.60. The zero-order valence-corrected chi connectivity index (χ0v) is 11.3. The van der Waals surface area contributed by atoms with E-state index in [9.17, 15) is 19.1 Å². The van der Waals surface area contributed by atoms with Crippen molar-refractivity contribution in [1.29, 1.82) is 5.26 Å². The predicted molar refractivity (Wildman–Crippen MR) is 69.4 cm³/mol. The second kappa shape index (κ2) is 6.15. The van der Waals surface area contributed by atoms with Gasteiger partial charge in [0.2, 0.25) is 0 Å². The summed E-state index contributed by atoms with van der Waals surface area (Å²) in [5, 5.41) is 17.8. The van der Waals surface area contributed by atoms with Crippen LogP contribution < -0.4 is 0 Å². The first-order valence-electron chi connectivity index (χ1n) is 5.99. The minimum atomic E-state index is -1.53. The fourth-order valence-corrected chi connectivity index (χ4v) is 1.69. The molecule has 0 atom stereocenters. The van der Waals surface area contributed by atoms with Gasteiger partial charge in [-0.05, 0) is 26.0 Å². The van der Waals surface area contributed by atoms with Gasteiger partial charge in [0.15, 0.2) is 0 Å². The van der Waals surface area contributed by atoms with E-state index in [1.807, 2.05) is 6.07 Å². The number of nitrogens with zero attached hydrogens (tertiary/aromatic N) is 2. The average molecular weight is 278 g/mol. The summed E-state index contributed by atoms with van der Waals surface area (Å²) in [5.74, 6) is -2.69. The molecule has 0 saturated heterocycles. The summed E-state index contributed by atoms with van der Waals surface area (Å²) in [7, 11) is 0. The second-order valence-electron chi connectivity index (χ2n) is 4.71. The molecule has 1 N–H and O–H groups in total. The molecule has 1 aromatic carbocycles. The molecule has 0 aliphatic rings. The standard InChI is InChI=1S/C14H15FN2O3/c1-14(2,13(19)20)17(9-5-8-16)12(18)10-6-3-4-7-11(10)15/h3-4,6-7H,5,9H2,1-2H3,(H,19,20). The van der Waals surface area contributed by atoms with Crippen molar-refractivity contribution < 1.29 is 19.1 Å². The van der Waals surface area contributed by atoms with Gasteiger partial charge in [0.1, 0.15) is 11.4 Å². The molecule has 0 aliphatic heterocycles. The Bertz CT molecular complexity index is 564. The first kappa shape index (κ1) is 15.6. The molecule has 1 aromatic rings. The fourth-order valence-electron chi connectivity index (χ4n) is 1.69. The molecule has 5 nitrogen and oxygen atoms in total. The maximum atomic E-state index is 13.7. The lowest BCUT2D eigenvalue weighted by molar-refractivity contribution is -0.147. The molecular formula is C14H15FN2O3. The lowest BCUT2D eigenvalue weighted by atomic mass is 10.0. The van der Waals surface area contributed by atoms with Crippen LogP contribution in [0.25, 0.3) is 0 Å². The van der Waals surface area contributed by atoms with Crippen LogP contribution in [0.15, 0.2) is 24.3 Å². The number of aliphatic carboxylic acids is 1. The van der Waals surface area contributed by atoms with Crippen molar-refractivity contribution in [2.24, 2.45) is 0 Å². The van der Waals surface area contributed by atoms with Gasteiger partial charge < -0.3 is 10.0 Å². The third kappa shape index (κ3) is 3.12. The van der Waals surface area contributed by atoms with Crippen LogP contribution in [0.1, 0.15) is 30.6 Å². The van der Waals surface area contributed by atoms with E-state index in [0.717, 1.165) is 11.0 Å². The van der Waals surface area contributed by atoms with Gasteiger partial charge in [0.05, 0.1) is 18.1 Å². The first-order valence-corrected chi connectivity index (χ1v) is 5.99. The third-order valence-corrected chi connectivity index (χ3v) is 2.99. The summed E-state index contributed by atoms with van der Waals surface area (Å²) in [6, 6.07) is 7.20. The van der Waals surface area contributed by atoms with Crippen molar-refractivity contribution in [3.05, 3.63) is 35.6 Å². The predicted octanol–water partition coefficient (Wildman–Crippen LogP) is 2.04. The van der Waals surface area contributed by atoms with Gasteiger partial charge in [-0.1, -0.05) is 12.1 Å². The van der Waals surface area contributed by atoms with E-state index in [-0.39, 0.29) is 18.5 Å². The van der Waals surface area contributed by atoms with Gasteiger partial charge in [-0.15, -0.1) is 0 Å². The van der Waals surface area contributed by atoms with E-state index in [0.29, 0.717) is 0 Å². The molecule has 0 saturated carbocycles. The summed E-state index contributed by atoms with van der Waals surface area (Å²) in [4.78, 5) is 24.6. The number of hydrogen-bond acceptors (Lipinski definition) is 3. The molecule has 0 fully saturated rings. The highest BCUT2D eigenvalue weighted by atomic mass is 19.1. The molecule has 1 rings (SSSR count). The molecule has 0 bridgehead atoms. The monoisotopic (exact) mass is 278 g/mol. The Hall–Kier alpha value is -2.42. The van der Waals surface area contributed by atoms with Gasteiger partial charge in [0, 0.05) is 6.54 Å². The molecule has 20 heavy (non-hydrogen) atoms. The zero-order valence-electron chi connectivity index (χ0n) is 11.3. The van der Waals surface area contributed by atoms with Crippen molar-refractivity contribution in [3.63, 3.8) is 0 Å². The average Bonchev–Trinajstić information content (AvgIpc) is 2.39. The van der Waals surface area contributed by atoms with Gasteiger partial charge in [0.25, 0.3) is 5.91 Å². The van der Waals surface area contributed by atoms with Crippen molar-refractivity contribution in [1.82, 2.24) is 4.90 Å². The SMILES string of the molecule is CC(C)(C(=O)O)N(CCC#N)C(=O)c1ccccc1F. The molecule has 0 aromatic heterocycles. The van der Waals surface area contributed by atoms with E-state index >= 15 is 0 Å². The quantitative estimate of drug-likeness (QED) is 0.893. The second-order valence-corrected chi connectivity index (χ2v) is 4.71. The number of carboxylic acid groups (broad SMARTS) is 1. The minimum Gasteiger partial charge on any atom is -0.480 e. The summed E-state index contributed by atoms with van der Waals surface area (Å²) < 4.78 is 13.7. The van der Waals surface area contributed by atoms with Crippen LogP contribution in [0.4, 0.5) is 4.39 Å². The summed E-state index contributed by atoms with van der Waals surface area (Å²) >= 11 is 0. The van der Waals surface area contributed by atoms with Crippen LogP contribution in [-0.2, 0) is 4.79 Å². The van der Waals surface area contributed by atoms with Crippen molar-refractivity contribution in [2.75, 3.05) is 6.54 Å². The largest absolute Gasteiger partial charge is 0.480 e. The lowest BCUT2D eigenvalue weighted by Crippen LogP contribution is -2.53. The van der Waals surface area contributed by atoms with Crippen molar-refractivity contribution in [3.8, 4) is 6.07 Å². The lowest BCUT2D eigenvalue weighted by Gasteiger charge is -2.34. The Morgan fingerprint density at radius 3 is 2.50 bits per heavy atom. The van der Waals surface area contributed by atoms with E-state index in [2.05, 4.69) is 0 Å². The van der Waals surface area contributed by atoms with E-state index in [4.69, 9.17) is 5.26 Å². The highest BCUT2D eigenvalue weighted by Gasteiger charge is 2.38. The third-order valence-electron chi connectivity index (χ3n) is 2.99. The zero-order chi connectivity index (χ0) is 15.3. The topological polar surface area (TPSA) is 81.4 Å². The number of halogens is 1. The van der Waals surface area contributed by atoms with Gasteiger partial charge in [-0.2, -0.15) is 5.26 Å². The molecule has 6 heteroatoms. The maximum absolute atomic E-state index is 13.7. The Labute approximate surface area is 116 Å². The molecular weight excluding hydrogens is 263 g/mol. The highest BCUT2D eigenvalue weighted by molar-refractivity contribution is 5.97. The molecule has 0 heterocycles. The van der Waals surface area contributed by atoms with Crippen LogP contribution in [0.3, 0.4) is 0 Å². The molecule has 1 amide bonds. The van der Waals surface area contributed by atoms with Crippen molar-refractivity contribution in [2.45, 2.75) is 25.8 Å². The van der Waals surface area contributed by atoms with Crippen LogP contribution in [0.5, 0.6) is 0 Å². The van der Waals surface area contributed by atoms with Gasteiger partial charge >= 0.3 is 5.97 Å². The maximum Gasteiger partial charge on any atom is 0.329 e. The number of nitriles is 1. The smallest absolute Gasteiger partial charge is 0.329 e. The Kier molecular flexibility index (Phi) is 4.81. The van der Waals surface area contributed by atoms with E-state index < -0.39 is 23.2 Å². The van der Waals surface area contributed by atoms with Gasteiger partial charge in [-0.3, -0.25) is 4.79 Å². The number of amides is 1. The van der Waals surface area contributed by atoms with E-state index in [1.165, 1.54) is 32.0 Å². The molecule has 0 unspecified atom stereocenters. The highest BCUT2D eigenvalue weighted by Crippen LogP contribution is 2.20. The van der Waals surface area contributed by atoms with Crippen LogP contribution in [-0.4, -0.2) is 34.0 Å². The summed E-state index contributed by atoms with van der Waals surface area (Å²) in [6.07, 6.45) is -0.0309. The van der Waals surface area contributed by atoms with E-state index in [1.54, 1.807) is 0 Å². The number of rotatable bonds is 5. The molecule has 0 spiro atoms. The molecule has 0 aliphatic carbocycles. The molecule has 106 valence electrons. The number of carbonyl (C=O) groups is 2. The van der Waals surface area contributed by atoms with Crippen LogP contribution in [0, 0.1) is 17.1 Å². The Morgan fingerprint density at radius 1 is 1.40 bits per heavy atom. The Balaban J connectivity index is 3.19. The minimum absolute atomic E-state index is 0.0309. The van der Waals surface area contributed by atoms with Crippen LogP contribution in [0.2, 0.25) is 0 Å². The van der Waals surface area contributed by atoms with Crippen molar-refractivity contribution >= 4 is 11.9 Å². The first-order chi connectivity index (χ1) is 9.32. The summed E-state index contributed by atoms with van der Waals surface area (Å²) in [5.41, 5.74) is -1.74. The number of carbonyl (C=O) groups excluding carboxylic acids is 1. The number of carboxylic acids is 1. The number of hydrogen-bond donors (Lipinski definition) is 1. The Morgan fingerprint density at radius 2 is 2.00 bits per heavy atom. The normalized spacial score (nSPS) is 10.7. The van der Waals surface area contributed by atoms with Gasteiger partial charge in [-0.25, -0.2) is 9.18 Å². The molecule has 0 radical (unpaired) electrons. The number of benzene rings is 1.